The summed E-state index contributed by atoms with van der Waals surface area (Å²) in [6.07, 6.45) is 3.24. The number of nitrogens with one attached hydrogen (secondary N) is 1. The number of hydrogen-bond donors (Lipinski definition) is 1. The van der Waals surface area contributed by atoms with Gasteiger partial charge >= 0.3 is 0 Å². The second kappa shape index (κ2) is 9.59. The normalized spacial score (nSPS) is 14.9. The minimum absolute atomic E-state index is 0.0583. The van der Waals surface area contributed by atoms with Crippen molar-refractivity contribution in [2.45, 2.75) is 13.3 Å². The van der Waals surface area contributed by atoms with Gasteiger partial charge in [0.15, 0.2) is 10.5 Å². The van der Waals surface area contributed by atoms with Gasteiger partial charge in [-0.25, -0.2) is 0 Å². The molecule has 36 heavy (non-hydrogen) atoms. The lowest BCUT2D eigenvalue weighted by atomic mass is 10.0. The molecular weight excluding hydrogens is 476 g/mol. The van der Waals surface area contributed by atoms with E-state index < -0.39 is 11.8 Å². The number of carbonyl (C=O) groups is 2. The van der Waals surface area contributed by atoms with Gasteiger partial charge in [-0.3, -0.25) is 24.6 Å². The largest absolute Gasteiger partial charge is 0.463 e. The zero-order valence-corrected chi connectivity index (χ0v) is 20.0. The van der Waals surface area contributed by atoms with E-state index in [1.54, 1.807) is 36.4 Å². The Bertz CT molecular complexity index is 1590. The highest BCUT2D eigenvalue weighted by Gasteiger charge is 2.34. The third-order valence-electron chi connectivity index (χ3n) is 5.75. The molecule has 0 atom stereocenters. The molecule has 0 aliphatic carbocycles. The van der Waals surface area contributed by atoms with E-state index in [2.05, 4.69) is 5.32 Å². The number of nitrogens with zero attached hydrogens (tertiary/aromatic N) is 1. The SMILES string of the molecule is CCc1ccc2occ(/C=C3\C(=O)NC(=S)N(c4ccc(Oc5ccccc5)cc4)C3=O)c(=O)c2c1. The predicted molar refractivity (Wildman–Crippen MR) is 141 cm³/mol. The molecule has 0 spiro atoms. The van der Waals surface area contributed by atoms with Crippen LogP contribution in [0, 0.1) is 0 Å². The highest BCUT2D eigenvalue weighted by molar-refractivity contribution is 7.80. The third kappa shape index (κ3) is 4.42. The van der Waals surface area contributed by atoms with Gasteiger partial charge in [-0.2, -0.15) is 0 Å². The molecule has 1 aromatic heterocycles. The van der Waals surface area contributed by atoms with Crippen molar-refractivity contribution in [2.24, 2.45) is 0 Å². The molecule has 1 saturated heterocycles. The zero-order valence-electron chi connectivity index (χ0n) is 19.2. The van der Waals surface area contributed by atoms with Crippen LogP contribution in [0.3, 0.4) is 0 Å². The van der Waals surface area contributed by atoms with E-state index >= 15 is 0 Å². The van der Waals surface area contributed by atoms with Crippen LogP contribution in [0.5, 0.6) is 11.5 Å². The molecule has 0 saturated carbocycles. The molecule has 7 nitrogen and oxygen atoms in total. The molecule has 3 aromatic carbocycles. The van der Waals surface area contributed by atoms with Gasteiger partial charge in [0.1, 0.15) is 28.9 Å². The second-order valence-electron chi connectivity index (χ2n) is 8.07. The van der Waals surface area contributed by atoms with Gasteiger partial charge < -0.3 is 9.15 Å². The van der Waals surface area contributed by atoms with E-state index in [0.29, 0.717) is 28.2 Å². The monoisotopic (exact) mass is 496 g/mol. The van der Waals surface area contributed by atoms with Crippen LogP contribution < -0.4 is 20.4 Å². The fourth-order valence-corrected chi connectivity index (χ4v) is 4.13. The van der Waals surface area contributed by atoms with Crippen molar-refractivity contribution in [3.05, 3.63) is 106 Å². The van der Waals surface area contributed by atoms with Crippen LogP contribution >= 0.6 is 12.2 Å². The molecule has 4 aromatic rings. The summed E-state index contributed by atoms with van der Waals surface area (Å²) in [4.78, 5) is 40.3. The Balaban J connectivity index is 1.47. The minimum Gasteiger partial charge on any atom is -0.463 e. The van der Waals surface area contributed by atoms with E-state index in [1.807, 2.05) is 43.3 Å². The maximum absolute atomic E-state index is 13.3. The Morgan fingerprint density at radius 2 is 1.69 bits per heavy atom. The van der Waals surface area contributed by atoms with Gasteiger partial charge in [0.2, 0.25) is 0 Å². The molecule has 1 N–H and O–H groups in total. The highest BCUT2D eigenvalue weighted by atomic mass is 32.1. The lowest BCUT2D eigenvalue weighted by Crippen LogP contribution is -2.54. The molecule has 1 aliphatic rings. The first-order chi connectivity index (χ1) is 17.4. The van der Waals surface area contributed by atoms with Crippen molar-refractivity contribution < 1.29 is 18.7 Å². The van der Waals surface area contributed by atoms with Crippen LogP contribution in [0.1, 0.15) is 18.1 Å². The summed E-state index contributed by atoms with van der Waals surface area (Å²) in [5.41, 5.74) is 1.37. The van der Waals surface area contributed by atoms with Crippen molar-refractivity contribution in [1.29, 1.82) is 0 Å². The number of hydrogen-bond acceptors (Lipinski definition) is 6. The van der Waals surface area contributed by atoms with E-state index in [-0.39, 0.29) is 21.7 Å². The summed E-state index contributed by atoms with van der Waals surface area (Å²) < 4.78 is 11.4. The molecule has 0 radical (unpaired) electrons. The molecular formula is C28H20N2O5S. The average molecular weight is 497 g/mol. The van der Waals surface area contributed by atoms with Crippen molar-refractivity contribution in [2.75, 3.05) is 4.90 Å². The molecule has 5 rings (SSSR count). The lowest BCUT2D eigenvalue weighted by molar-refractivity contribution is -0.122. The number of aryl methyl sites for hydroxylation is 1. The van der Waals surface area contributed by atoms with E-state index in [0.717, 1.165) is 12.0 Å². The Kier molecular flexibility index (Phi) is 6.18. The number of carbonyl (C=O) groups excluding carboxylic acids is 2. The summed E-state index contributed by atoms with van der Waals surface area (Å²) in [6.45, 7) is 1.98. The van der Waals surface area contributed by atoms with Gasteiger partial charge in [-0.15, -0.1) is 0 Å². The van der Waals surface area contributed by atoms with Crippen LogP contribution in [-0.4, -0.2) is 16.9 Å². The zero-order chi connectivity index (χ0) is 25.2. The molecule has 2 amide bonds. The lowest BCUT2D eigenvalue weighted by Gasteiger charge is -2.29. The number of thiocarbonyl (C=S) groups is 1. The summed E-state index contributed by atoms with van der Waals surface area (Å²) >= 11 is 5.27. The molecule has 1 fully saturated rings. The molecule has 2 heterocycles. The summed E-state index contributed by atoms with van der Waals surface area (Å²) in [5, 5.41) is 2.85. The average Bonchev–Trinajstić information content (AvgIpc) is 2.89. The summed E-state index contributed by atoms with van der Waals surface area (Å²) in [5.74, 6) is -0.0951. The van der Waals surface area contributed by atoms with Gasteiger partial charge in [-0.05, 0) is 78.8 Å². The Labute approximate surface area is 211 Å². The van der Waals surface area contributed by atoms with Crippen LogP contribution in [0.2, 0.25) is 0 Å². The van der Waals surface area contributed by atoms with Crippen LogP contribution in [0.25, 0.3) is 17.0 Å². The smallest absolute Gasteiger partial charge is 0.270 e. The van der Waals surface area contributed by atoms with Crippen LogP contribution in [-0.2, 0) is 16.0 Å². The molecule has 0 bridgehead atoms. The molecule has 0 unspecified atom stereocenters. The van der Waals surface area contributed by atoms with Crippen molar-refractivity contribution in [3.8, 4) is 11.5 Å². The van der Waals surface area contributed by atoms with Crippen LogP contribution in [0.15, 0.2) is 93.8 Å². The fraction of sp³-hybridized carbons (Fsp3) is 0.0714. The number of fused-ring (bicyclic) bond motifs is 1. The number of amides is 2. The van der Waals surface area contributed by atoms with E-state index in [4.69, 9.17) is 21.4 Å². The Hall–Kier alpha value is -4.56. The Morgan fingerprint density at radius 3 is 2.42 bits per heavy atom. The van der Waals surface area contributed by atoms with Gasteiger partial charge in [0.05, 0.1) is 16.6 Å². The van der Waals surface area contributed by atoms with Gasteiger partial charge in [0, 0.05) is 0 Å². The summed E-state index contributed by atoms with van der Waals surface area (Å²) in [6, 6.07) is 21.4. The maximum Gasteiger partial charge on any atom is 0.270 e. The molecule has 8 heteroatoms. The topological polar surface area (TPSA) is 88.8 Å². The number of anilines is 1. The number of ether oxygens (including phenoxy) is 1. The standard InChI is InChI=1S/C28H20N2O5S/c1-2-17-8-13-24-22(14-17)25(31)18(16-34-24)15-23-26(32)29-28(36)30(27(23)33)19-9-11-21(12-10-19)35-20-6-4-3-5-7-20/h3-16H,2H2,1H3,(H,29,32,36)/b23-15+. The van der Waals surface area contributed by atoms with Gasteiger partial charge in [-0.1, -0.05) is 31.2 Å². The predicted octanol–water partition coefficient (Wildman–Crippen LogP) is 4.98. The first kappa shape index (κ1) is 23.2. The Morgan fingerprint density at radius 1 is 0.972 bits per heavy atom. The van der Waals surface area contributed by atoms with Crippen molar-refractivity contribution >= 4 is 51.9 Å². The van der Waals surface area contributed by atoms with Crippen molar-refractivity contribution in [1.82, 2.24) is 5.32 Å². The number of rotatable bonds is 5. The fourth-order valence-electron chi connectivity index (χ4n) is 3.85. The summed E-state index contributed by atoms with van der Waals surface area (Å²) in [7, 11) is 0. The van der Waals surface area contributed by atoms with Crippen molar-refractivity contribution in [3.63, 3.8) is 0 Å². The first-order valence-corrected chi connectivity index (χ1v) is 11.6. The molecule has 1 aliphatic heterocycles. The number of para-hydroxylation sites is 1. The third-order valence-corrected chi connectivity index (χ3v) is 6.03. The van der Waals surface area contributed by atoms with E-state index in [9.17, 15) is 14.4 Å². The number of benzene rings is 3. The van der Waals surface area contributed by atoms with Crippen LogP contribution in [0.4, 0.5) is 5.69 Å². The van der Waals surface area contributed by atoms with Gasteiger partial charge in [0.25, 0.3) is 11.8 Å². The minimum atomic E-state index is -0.688. The van der Waals surface area contributed by atoms with E-state index in [1.165, 1.54) is 17.2 Å². The molecule has 178 valence electrons. The quantitative estimate of drug-likeness (QED) is 0.238. The maximum atomic E-state index is 13.3. The first-order valence-electron chi connectivity index (χ1n) is 11.2. The second-order valence-corrected chi connectivity index (χ2v) is 8.46. The highest BCUT2D eigenvalue weighted by Crippen LogP contribution is 2.27.